The minimum absolute atomic E-state index is 0.0287. The van der Waals surface area contributed by atoms with Crippen molar-refractivity contribution in [2.75, 3.05) is 0 Å². The number of aromatic carboxylic acids is 1. The highest BCUT2D eigenvalue weighted by molar-refractivity contribution is 6.01. The van der Waals surface area contributed by atoms with Crippen LogP contribution >= 0.6 is 0 Å². The van der Waals surface area contributed by atoms with E-state index in [2.05, 4.69) is 16.2 Å². The first-order valence-corrected chi connectivity index (χ1v) is 5.08. The van der Waals surface area contributed by atoms with Gasteiger partial charge in [-0.3, -0.25) is 4.79 Å². The number of aryl methyl sites for hydroxylation is 1. The predicted octanol–water partition coefficient (Wildman–Crippen LogP) is 1.08. The topological polar surface area (TPSA) is 82.2 Å². The fourth-order valence-corrected chi connectivity index (χ4v) is 1.61. The fraction of sp³-hybridized carbons (Fsp3) is 0.333. The summed E-state index contributed by atoms with van der Waals surface area (Å²) >= 11 is 0. The molecule has 0 spiro atoms. The molecule has 1 amide bonds. The van der Waals surface area contributed by atoms with Crippen molar-refractivity contribution >= 4 is 11.9 Å². The minimum atomic E-state index is -1.09. The lowest BCUT2D eigenvalue weighted by molar-refractivity contribution is 0.0690. The highest BCUT2D eigenvalue weighted by Crippen LogP contribution is 2.17. The van der Waals surface area contributed by atoms with E-state index >= 15 is 0 Å². The van der Waals surface area contributed by atoms with Crippen LogP contribution in [0.3, 0.4) is 0 Å². The summed E-state index contributed by atoms with van der Waals surface area (Å²) in [6.45, 7) is 4.91. The van der Waals surface area contributed by atoms with Gasteiger partial charge >= 0.3 is 5.97 Å². The summed E-state index contributed by atoms with van der Waals surface area (Å²) in [5.41, 5.74) is 1.30. The van der Waals surface area contributed by atoms with E-state index in [0.717, 1.165) is 0 Å². The first-order valence-electron chi connectivity index (χ1n) is 5.08. The van der Waals surface area contributed by atoms with Gasteiger partial charge in [0.25, 0.3) is 5.91 Å². The molecule has 0 fully saturated rings. The Morgan fingerprint density at radius 1 is 1.47 bits per heavy atom. The van der Waals surface area contributed by atoms with Gasteiger partial charge in [-0.05, 0) is 26.3 Å². The van der Waals surface area contributed by atoms with Gasteiger partial charge in [-0.2, -0.15) is 0 Å². The summed E-state index contributed by atoms with van der Waals surface area (Å²) in [7, 11) is 0. The predicted molar refractivity (Wildman–Crippen MR) is 63.0 cm³/mol. The molecule has 17 heavy (non-hydrogen) atoms. The average Bonchev–Trinajstić information content (AvgIpc) is 2.54. The van der Waals surface area contributed by atoms with E-state index in [1.807, 2.05) is 0 Å². The summed E-state index contributed by atoms with van der Waals surface area (Å²) in [5.74, 6) is 0.921. The van der Waals surface area contributed by atoms with Gasteiger partial charge in [-0.1, -0.05) is 5.92 Å². The summed E-state index contributed by atoms with van der Waals surface area (Å²) in [6, 6.07) is -0.399. The van der Waals surface area contributed by atoms with Crippen molar-refractivity contribution in [2.24, 2.45) is 0 Å². The molecule has 0 aliphatic carbocycles. The molecule has 1 atom stereocenters. The van der Waals surface area contributed by atoms with E-state index in [0.29, 0.717) is 16.8 Å². The second-order valence-electron chi connectivity index (χ2n) is 3.79. The van der Waals surface area contributed by atoms with Crippen LogP contribution in [-0.2, 0) is 0 Å². The maximum Gasteiger partial charge on any atom is 0.352 e. The smallest absolute Gasteiger partial charge is 0.352 e. The summed E-state index contributed by atoms with van der Waals surface area (Å²) in [4.78, 5) is 25.4. The van der Waals surface area contributed by atoms with Crippen molar-refractivity contribution < 1.29 is 14.7 Å². The molecule has 1 rings (SSSR count). The van der Waals surface area contributed by atoms with Crippen LogP contribution in [0.1, 0.15) is 39.0 Å². The first kappa shape index (κ1) is 12.8. The standard InChI is InChI=1S/C12H14N2O3/c1-5-6(2)13-11(15)9-7(3)10(12(16)17)14-8(9)4/h1,6,14H,2-4H3,(H,13,15)(H,16,17). The molecule has 3 N–H and O–H groups in total. The Labute approximate surface area is 99.2 Å². The van der Waals surface area contributed by atoms with Gasteiger partial charge in [0.2, 0.25) is 0 Å². The van der Waals surface area contributed by atoms with Gasteiger partial charge in [0, 0.05) is 5.69 Å². The number of hydrogen-bond acceptors (Lipinski definition) is 2. The van der Waals surface area contributed by atoms with E-state index in [1.54, 1.807) is 20.8 Å². The molecule has 0 aromatic carbocycles. The fourth-order valence-electron chi connectivity index (χ4n) is 1.61. The van der Waals surface area contributed by atoms with Gasteiger partial charge in [0.05, 0.1) is 11.6 Å². The van der Waals surface area contributed by atoms with Crippen molar-refractivity contribution in [1.29, 1.82) is 0 Å². The Hall–Kier alpha value is -2.22. The van der Waals surface area contributed by atoms with Crippen LogP contribution in [0.5, 0.6) is 0 Å². The van der Waals surface area contributed by atoms with Crippen LogP contribution in [0.4, 0.5) is 0 Å². The van der Waals surface area contributed by atoms with Crippen molar-refractivity contribution in [3.05, 3.63) is 22.5 Å². The highest BCUT2D eigenvalue weighted by Gasteiger charge is 2.21. The number of carboxylic acids is 1. The van der Waals surface area contributed by atoms with Crippen LogP contribution in [0.25, 0.3) is 0 Å². The van der Waals surface area contributed by atoms with E-state index in [1.165, 1.54) is 0 Å². The highest BCUT2D eigenvalue weighted by atomic mass is 16.4. The summed E-state index contributed by atoms with van der Waals surface area (Å²) in [5, 5.41) is 11.5. The molecule has 1 heterocycles. The Bertz CT molecular complexity index is 509. The van der Waals surface area contributed by atoms with Gasteiger partial charge in [0.1, 0.15) is 5.69 Å². The maximum absolute atomic E-state index is 11.9. The lowest BCUT2D eigenvalue weighted by Gasteiger charge is -2.08. The lowest BCUT2D eigenvalue weighted by atomic mass is 10.1. The number of carbonyl (C=O) groups is 2. The molecule has 90 valence electrons. The molecule has 0 bridgehead atoms. The second-order valence-corrected chi connectivity index (χ2v) is 3.79. The van der Waals surface area contributed by atoms with E-state index in [9.17, 15) is 9.59 Å². The number of terminal acetylenes is 1. The number of aromatic nitrogens is 1. The van der Waals surface area contributed by atoms with Crippen LogP contribution in [0, 0.1) is 26.2 Å². The largest absolute Gasteiger partial charge is 0.477 e. The van der Waals surface area contributed by atoms with Crippen LogP contribution in [0.15, 0.2) is 0 Å². The number of H-pyrrole nitrogens is 1. The Kier molecular flexibility index (Phi) is 3.59. The molecule has 0 aliphatic heterocycles. The third-order valence-electron chi connectivity index (χ3n) is 2.48. The van der Waals surface area contributed by atoms with E-state index in [4.69, 9.17) is 11.5 Å². The number of nitrogens with one attached hydrogen (secondary N) is 2. The second kappa shape index (κ2) is 4.74. The van der Waals surface area contributed by atoms with Crippen LogP contribution < -0.4 is 5.32 Å². The Morgan fingerprint density at radius 2 is 2.06 bits per heavy atom. The third-order valence-corrected chi connectivity index (χ3v) is 2.48. The lowest BCUT2D eigenvalue weighted by Crippen LogP contribution is -2.31. The van der Waals surface area contributed by atoms with Gasteiger partial charge in [0.15, 0.2) is 0 Å². The number of hydrogen-bond donors (Lipinski definition) is 3. The third kappa shape index (κ3) is 2.48. The quantitative estimate of drug-likeness (QED) is 0.684. The van der Waals surface area contributed by atoms with Crippen molar-refractivity contribution in [2.45, 2.75) is 26.8 Å². The molecule has 5 nitrogen and oxygen atoms in total. The average molecular weight is 234 g/mol. The number of rotatable bonds is 3. The van der Waals surface area contributed by atoms with Crippen molar-refractivity contribution in [1.82, 2.24) is 10.3 Å². The monoisotopic (exact) mass is 234 g/mol. The number of amides is 1. The molecule has 1 aromatic rings. The molecule has 0 saturated carbocycles. The van der Waals surface area contributed by atoms with Crippen molar-refractivity contribution in [3.63, 3.8) is 0 Å². The first-order chi connectivity index (χ1) is 7.88. The van der Waals surface area contributed by atoms with Gasteiger partial charge in [-0.25, -0.2) is 4.79 Å². The number of carboxylic acid groups (broad SMARTS) is 1. The summed E-state index contributed by atoms with van der Waals surface area (Å²) in [6.07, 6.45) is 5.16. The minimum Gasteiger partial charge on any atom is -0.477 e. The number of aromatic amines is 1. The van der Waals surface area contributed by atoms with Gasteiger partial charge < -0.3 is 15.4 Å². The summed E-state index contributed by atoms with van der Waals surface area (Å²) < 4.78 is 0. The molecule has 5 heteroatoms. The zero-order valence-electron chi connectivity index (χ0n) is 9.92. The number of carbonyl (C=O) groups excluding carboxylic acids is 1. The van der Waals surface area contributed by atoms with Gasteiger partial charge in [-0.15, -0.1) is 6.42 Å². The SMILES string of the molecule is C#CC(C)NC(=O)c1c(C)[nH]c(C(=O)O)c1C. The van der Waals surface area contributed by atoms with Crippen molar-refractivity contribution in [3.8, 4) is 12.3 Å². The zero-order valence-corrected chi connectivity index (χ0v) is 9.92. The molecule has 1 unspecified atom stereocenters. The molecule has 0 radical (unpaired) electrons. The molecular formula is C12H14N2O3. The zero-order chi connectivity index (χ0) is 13.2. The molecular weight excluding hydrogens is 220 g/mol. The molecule has 0 saturated heterocycles. The molecule has 0 aliphatic rings. The Morgan fingerprint density at radius 3 is 2.47 bits per heavy atom. The van der Waals surface area contributed by atoms with Crippen LogP contribution in [-0.4, -0.2) is 28.0 Å². The maximum atomic E-state index is 11.9. The molecule has 1 aromatic heterocycles. The Balaban J connectivity index is 3.11. The van der Waals surface area contributed by atoms with E-state index in [-0.39, 0.29) is 11.6 Å². The van der Waals surface area contributed by atoms with Crippen LogP contribution in [0.2, 0.25) is 0 Å². The van der Waals surface area contributed by atoms with E-state index < -0.39 is 12.0 Å². The normalized spacial score (nSPS) is 11.6.